The summed E-state index contributed by atoms with van der Waals surface area (Å²) in [5.74, 6) is -0.746. The van der Waals surface area contributed by atoms with E-state index in [2.05, 4.69) is 20.4 Å². The third-order valence-electron chi connectivity index (χ3n) is 4.26. The predicted octanol–water partition coefficient (Wildman–Crippen LogP) is 1.45. The van der Waals surface area contributed by atoms with Crippen molar-refractivity contribution in [2.75, 3.05) is 15.5 Å². The number of benzene rings is 2. The molecule has 0 bridgehead atoms. The Bertz CT molecular complexity index is 1420. The highest BCUT2D eigenvalue weighted by Gasteiger charge is 2.18. The van der Waals surface area contributed by atoms with E-state index >= 15 is 0 Å². The number of amides is 2. The predicted molar refractivity (Wildman–Crippen MR) is 117 cm³/mol. The lowest BCUT2D eigenvalue weighted by Gasteiger charge is -2.14. The van der Waals surface area contributed by atoms with E-state index in [1.807, 2.05) is 0 Å². The van der Waals surface area contributed by atoms with Crippen molar-refractivity contribution in [2.24, 2.45) is 0 Å². The number of aromatic nitrogens is 2. The second-order valence-corrected chi connectivity index (χ2v) is 8.38. The standard InChI is InChI=1S/C20H18N6O5S/c1-12-22-18-8-5-15(24-19(28)9-10-21)11-17(18)20(29)26(12)25-32(30,31)16-6-3-14(4-7-16)23-13(2)27/h3-8,11,25H,9H2,1-2H3,(H,23,27)(H,24,28). The summed E-state index contributed by atoms with van der Waals surface area (Å²) >= 11 is 0. The van der Waals surface area contributed by atoms with Crippen LogP contribution in [0.15, 0.2) is 52.2 Å². The van der Waals surface area contributed by atoms with Crippen molar-refractivity contribution in [1.82, 2.24) is 9.66 Å². The zero-order valence-corrected chi connectivity index (χ0v) is 17.9. The molecule has 2 aromatic carbocycles. The first-order valence-electron chi connectivity index (χ1n) is 9.21. The molecule has 32 heavy (non-hydrogen) atoms. The maximum absolute atomic E-state index is 13.0. The topological polar surface area (TPSA) is 163 Å². The molecule has 0 saturated heterocycles. The summed E-state index contributed by atoms with van der Waals surface area (Å²) in [5, 5.41) is 13.7. The van der Waals surface area contributed by atoms with Crippen LogP contribution >= 0.6 is 0 Å². The van der Waals surface area contributed by atoms with E-state index < -0.39 is 21.5 Å². The third-order valence-corrected chi connectivity index (χ3v) is 5.57. The lowest BCUT2D eigenvalue weighted by molar-refractivity contribution is -0.115. The van der Waals surface area contributed by atoms with Crippen molar-refractivity contribution in [3.8, 4) is 6.07 Å². The highest BCUT2D eigenvalue weighted by atomic mass is 32.2. The van der Waals surface area contributed by atoms with E-state index in [0.29, 0.717) is 11.2 Å². The van der Waals surface area contributed by atoms with E-state index in [-0.39, 0.29) is 34.1 Å². The van der Waals surface area contributed by atoms with Gasteiger partial charge in [0.15, 0.2) is 0 Å². The van der Waals surface area contributed by atoms with Crippen LogP contribution in [0.25, 0.3) is 10.9 Å². The average molecular weight is 454 g/mol. The van der Waals surface area contributed by atoms with E-state index in [4.69, 9.17) is 5.26 Å². The van der Waals surface area contributed by atoms with Gasteiger partial charge in [0.2, 0.25) is 11.8 Å². The minimum Gasteiger partial charge on any atom is -0.326 e. The number of rotatable bonds is 6. The van der Waals surface area contributed by atoms with Gasteiger partial charge in [0.05, 0.1) is 21.9 Å². The maximum atomic E-state index is 13.0. The van der Waals surface area contributed by atoms with Gasteiger partial charge in [-0.05, 0) is 49.4 Å². The Labute approximate surface area is 182 Å². The van der Waals surface area contributed by atoms with Gasteiger partial charge in [-0.2, -0.15) is 18.4 Å². The first-order chi connectivity index (χ1) is 15.1. The molecule has 164 valence electrons. The van der Waals surface area contributed by atoms with Crippen molar-refractivity contribution >= 4 is 44.1 Å². The number of hydrogen-bond acceptors (Lipinski definition) is 7. The number of nitriles is 1. The van der Waals surface area contributed by atoms with Gasteiger partial charge in [-0.15, -0.1) is 0 Å². The minimum atomic E-state index is -4.15. The summed E-state index contributed by atoms with van der Waals surface area (Å²) in [6.07, 6.45) is -0.352. The van der Waals surface area contributed by atoms with Crippen LogP contribution in [0.1, 0.15) is 19.2 Å². The van der Waals surface area contributed by atoms with Crippen LogP contribution < -0.4 is 21.0 Å². The van der Waals surface area contributed by atoms with Gasteiger partial charge in [-0.3, -0.25) is 14.4 Å². The molecular formula is C20H18N6O5S. The van der Waals surface area contributed by atoms with E-state index in [9.17, 15) is 22.8 Å². The Kier molecular flexibility index (Phi) is 6.22. The number of nitrogens with zero attached hydrogens (tertiary/aromatic N) is 3. The Morgan fingerprint density at radius 1 is 1.09 bits per heavy atom. The average Bonchev–Trinajstić information content (AvgIpc) is 2.72. The van der Waals surface area contributed by atoms with Crippen molar-refractivity contribution in [1.29, 1.82) is 5.26 Å². The molecule has 0 fully saturated rings. The van der Waals surface area contributed by atoms with Gasteiger partial charge in [0.25, 0.3) is 15.6 Å². The first-order valence-corrected chi connectivity index (χ1v) is 10.7. The zero-order valence-electron chi connectivity index (χ0n) is 17.0. The number of anilines is 2. The summed E-state index contributed by atoms with van der Waals surface area (Å²) in [5.41, 5.74) is 0.301. The molecule has 0 aliphatic heterocycles. The molecule has 0 aliphatic carbocycles. The van der Waals surface area contributed by atoms with Crippen LogP contribution in [0.3, 0.4) is 0 Å². The molecule has 0 spiro atoms. The Balaban J connectivity index is 1.97. The van der Waals surface area contributed by atoms with Gasteiger partial charge in [-0.1, -0.05) is 0 Å². The van der Waals surface area contributed by atoms with Gasteiger partial charge in [0, 0.05) is 18.3 Å². The second-order valence-electron chi connectivity index (χ2n) is 6.71. The third kappa shape index (κ3) is 4.90. The van der Waals surface area contributed by atoms with E-state index in [1.54, 1.807) is 6.07 Å². The molecule has 3 N–H and O–H groups in total. The van der Waals surface area contributed by atoms with Crippen LogP contribution in [-0.2, 0) is 19.6 Å². The molecule has 0 aliphatic rings. The fourth-order valence-electron chi connectivity index (χ4n) is 2.85. The smallest absolute Gasteiger partial charge is 0.280 e. The highest BCUT2D eigenvalue weighted by molar-refractivity contribution is 7.92. The summed E-state index contributed by atoms with van der Waals surface area (Å²) < 4.78 is 26.4. The lowest BCUT2D eigenvalue weighted by Crippen LogP contribution is -2.35. The number of hydrogen-bond donors (Lipinski definition) is 3. The van der Waals surface area contributed by atoms with E-state index in [0.717, 1.165) is 4.68 Å². The zero-order chi connectivity index (χ0) is 23.5. The van der Waals surface area contributed by atoms with Gasteiger partial charge in [0.1, 0.15) is 12.2 Å². The molecule has 0 atom stereocenters. The number of nitrogens with one attached hydrogen (secondary N) is 3. The van der Waals surface area contributed by atoms with Crippen LogP contribution in [0.4, 0.5) is 11.4 Å². The molecule has 3 aromatic rings. The van der Waals surface area contributed by atoms with Crippen LogP contribution in [0.2, 0.25) is 0 Å². The number of sulfonamides is 1. The fraction of sp³-hybridized carbons (Fsp3) is 0.150. The highest BCUT2D eigenvalue weighted by Crippen LogP contribution is 2.17. The summed E-state index contributed by atoms with van der Waals surface area (Å²) in [6.45, 7) is 2.79. The molecule has 11 nitrogen and oxygen atoms in total. The molecule has 0 radical (unpaired) electrons. The maximum Gasteiger partial charge on any atom is 0.280 e. The largest absolute Gasteiger partial charge is 0.326 e. The van der Waals surface area contributed by atoms with Crippen molar-refractivity contribution in [3.05, 3.63) is 58.6 Å². The number of aryl methyl sites for hydroxylation is 1. The molecule has 12 heteroatoms. The number of carbonyl (C=O) groups excluding carboxylic acids is 2. The monoisotopic (exact) mass is 454 g/mol. The van der Waals surface area contributed by atoms with Crippen molar-refractivity contribution in [3.63, 3.8) is 0 Å². The van der Waals surface area contributed by atoms with Gasteiger partial charge in [-0.25, -0.2) is 9.82 Å². The number of fused-ring (bicyclic) bond motifs is 1. The van der Waals surface area contributed by atoms with Crippen LogP contribution in [0, 0.1) is 18.3 Å². The molecule has 0 saturated carbocycles. The first kappa shape index (κ1) is 22.4. The Morgan fingerprint density at radius 3 is 2.38 bits per heavy atom. The summed E-state index contributed by atoms with van der Waals surface area (Å²) in [6, 6.07) is 11.5. The van der Waals surface area contributed by atoms with Crippen molar-refractivity contribution < 1.29 is 18.0 Å². The summed E-state index contributed by atoms with van der Waals surface area (Å²) in [7, 11) is -4.15. The van der Waals surface area contributed by atoms with Gasteiger partial charge >= 0.3 is 0 Å². The van der Waals surface area contributed by atoms with Gasteiger partial charge < -0.3 is 10.6 Å². The Hall–Kier alpha value is -4.24. The molecular weight excluding hydrogens is 436 g/mol. The lowest BCUT2D eigenvalue weighted by atomic mass is 10.2. The number of carbonyl (C=O) groups is 2. The summed E-state index contributed by atoms with van der Waals surface area (Å²) in [4.78, 5) is 42.0. The Morgan fingerprint density at radius 2 is 1.75 bits per heavy atom. The fourth-order valence-corrected chi connectivity index (χ4v) is 3.91. The second kappa shape index (κ2) is 8.86. The van der Waals surface area contributed by atoms with Crippen molar-refractivity contribution in [2.45, 2.75) is 25.2 Å². The normalized spacial score (nSPS) is 10.9. The molecule has 1 heterocycles. The quantitative estimate of drug-likeness (QED) is 0.507. The molecule has 0 unspecified atom stereocenters. The van der Waals surface area contributed by atoms with E-state index in [1.165, 1.54) is 56.3 Å². The van der Waals surface area contributed by atoms with Crippen LogP contribution in [0.5, 0.6) is 0 Å². The molecule has 3 rings (SSSR count). The SMILES string of the molecule is CC(=O)Nc1ccc(S(=O)(=O)Nn2c(C)nc3ccc(NC(=O)CC#N)cc3c2=O)cc1. The minimum absolute atomic E-state index is 0.0639. The van der Waals surface area contributed by atoms with Crippen LogP contribution in [-0.4, -0.2) is 29.9 Å². The molecule has 2 amide bonds. The molecule has 1 aromatic heterocycles.